The first-order valence-electron chi connectivity index (χ1n) is 18.6. The number of hydrogen-bond acceptors (Lipinski definition) is 8. The van der Waals surface area contributed by atoms with Crippen molar-refractivity contribution in [1.82, 2.24) is 0 Å². The van der Waals surface area contributed by atoms with Gasteiger partial charge in [-0.05, 0) is 129 Å². The molecule has 0 amide bonds. The van der Waals surface area contributed by atoms with Crippen molar-refractivity contribution in [2.24, 2.45) is 71.0 Å². The molecule has 0 aromatic carbocycles. The fraction of sp³-hybridized carbons (Fsp3) is 0.921. The predicted molar refractivity (Wildman–Crippen MR) is 174 cm³/mol. The lowest BCUT2D eigenvalue weighted by Gasteiger charge is -2.38. The van der Waals surface area contributed by atoms with Crippen LogP contribution in [0, 0.1) is 71.0 Å². The van der Waals surface area contributed by atoms with Gasteiger partial charge in [-0.3, -0.25) is 9.59 Å². The molecule has 46 heavy (non-hydrogen) atoms. The minimum Gasteiger partial charge on any atom is -0.463 e. The fourth-order valence-corrected chi connectivity index (χ4v) is 11.1. The molecule has 0 radical (unpaired) electrons. The van der Waals surface area contributed by atoms with Crippen LogP contribution >= 0.6 is 0 Å². The second kappa shape index (κ2) is 15.3. The van der Waals surface area contributed by atoms with Gasteiger partial charge in [0, 0.05) is 14.0 Å². The predicted octanol–water partition coefficient (Wildman–Crippen LogP) is 6.87. The summed E-state index contributed by atoms with van der Waals surface area (Å²) in [7, 11) is 1.64. The van der Waals surface area contributed by atoms with Crippen molar-refractivity contribution in [3.05, 3.63) is 0 Å². The molecule has 6 aliphatic carbocycles. The Morgan fingerprint density at radius 2 is 1.48 bits per heavy atom. The Morgan fingerprint density at radius 3 is 2.02 bits per heavy atom. The van der Waals surface area contributed by atoms with Gasteiger partial charge in [0.25, 0.3) is 0 Å². The highest BCUT2D eigenvalue weighted by atomic mass is 16.6. The highest BCUT2D eigenvalue weighted by Gasteiger charge is 2.55. The van der Waals surface area contributed by atoms with E-state index in [9.17, 15) is 14.4 Å². The first kappa shape index (κ1) is 35.6. The molecule has 262 valence electrons. The summed E-state index contributed by atoms with van der Waals surface area (Å²) in [5.74, 6) is 6.78. The number of carbonyl (C=O) groups is 3. The summed E-state index contributed by atoms with van der Waals surface area (Å²) in [5, 5.41) is 0. The van der Waals surface area contributed by atoms with Gasteiger partial charge in [0.15, 0.2) is 6.10 Å². The van der Waals surface area contributed by atoms with Gasteiger partial charge in [-0.1, -0.05) is 34.6 Å². The molecule has 0 aliphatic heterocycles. The van der Waals surface area contributed by atoms with E-state index in [1.165, 1.54) is 45.4 Å². The smallest absolute Gasteiger partial charge is 0.348 e. The molecule has 0 aromatic heterocycles. The molecule has 6 saturated carbocycles. The Hall–Kier alpha value is -1.67. The van der Waals surface area contributed by atoms with Crippen LogP contribution in [0.1, 0.15) is 106 Å². The lowest BCUT2D eigenvalue weighted by molar-refractivity contribution is -0.185. The number of methoxy groups -OCH3 is 1. The molecule has 6 aliphatic rings. The molecule has 0 N–H and O–H groups in total. The van der Waals surface area contributed by atoms with Gasteiger partial charge < -0.3 is 23.7 Å². The Kier molecular flexibility index (Phi) is 11.8. The van der Waals surface area contributed by atoms with E-state index in [1.54, 1.807) is 7.11 Å². The zero-order valence-electron chi connectivity index (χ0n) is 29.7. The number of hydrogen-bond donors (Lipinski definition) is 0. The van der Waals surface area contributed by atoms with Gasteiger partial charge in [0.2, 0.25) is 0 Å². The van der Waals surface area contributed by atoms with E-state index < -0.39 is 6.10 Å². The van der Waals surface area contributed by atoms with Crippen molar-refractivity contribution >= 4 is 17.9 Å². The van der Waals surface area contributed by atoms with Gasteiger partial charge in [0.1, 0.15) is 12.2 Å². The van der Waals surface area contributed by atoms with Crippen molar-refractivity contribution in [2.75, 3.05) is 33.5 Å². The van der Waals surface area contributed by atoms with E-state index in [1.807, 2.05) is 0 Å². The summed E-state index contributed by atoms with van der Waals surface area (Å²) in [6.45, 7) is 14.8. The summed E-state index contributed by atoms with van der Waals surface area (Å²) in [6, 6.07) is 0. The normalized spacial score (nSPS) is 42.1. The van der Waals surface area contributed by atoms with E-state index in [-0.39, 0.29) is 29.4 Å². The third-order valence-electron chi connectivity index (χ3n) is 14.0. The Labute approximate surface area is 277 Å². The first-order valence-corrected chi connectivity index (χ1v) is 18.6. The third kappa shape index (κ3) is 7.48. The molecule has 8 nitrogen and oxygen atoms in total. The summed E-state index contributed by atoms with van der Waals surface area (Å²) in [4.78, 5) is 36.9. The average Bonchev–Trinajstić information content (AvgIpc) is 3.88. The van der Waals surface area contributed by atoms with Crippen molar-refractivity contribution in [3.8, 4) is 0 Å². The minimum absolute atomic E-state index is 0.0124. The first-order chi connectivity index (χ1) is 22.0. The van der Waals surface area contributed by atoms with Gasteiger partial charge in [-0.2, -0.15) is 0 Å². The molecule has 0 saturated heterocycles. The van der Waals surface area contributed by atoms with Crippen LogP contribution in [0.2, 0.25) is 0 Å². The van der Waals surface area contributed by atoms with Crippen molar-refractivity contribution < 1.29 is 38.1 Å². The molecule has 6 bridgehead atoms. The third-order valence-corrected chi connectivity index (χ3v) is 14.0. The fourth-order valence-electron chi connectivity index (χ4n) is 11.1. The molecule has 6 fully saturated rings. The van der Waals surface area contributed by atoms with Crippen LogP contribution in [0.25, 0.3) is 0 Å². The lowest BCUT2D eigenvalue weighted by Crippen LogP contribution is -2.44. The highest BCUT2D eigenvalue weighted by Crippen LogP contribution is 2.57. The van der Waals surface area contributed by atoms with Crippen molar-refractivity contribution in [1.29, 1.82) is 0 Å². The molecule has 6 rings (SSSR count). The van der Waals surface area contributed by atoms with Gasteiger partial charge in [-0.25, -0.2) is 4.79 Å². The molecule has 14 unspecified atom stereocenters. The van der Waals surface area contributed by atoms with Crippen LogP contribution in [0.15, 0.2) is 0 Å². The maximum Gasteiger partial charge on any atom is 0.348 e. The molecule has 8 heteroatoms. The average molecular weight is 647 g/mol. The molecule has 14 atom stereocenters. The SMILES string of the molecule is CCC1(OC(=O)C(CC2CC3CC2C(C)C3C)OC(C)=O)CC2CCC1C2.COCCOCCOC(=O)C1CC2CC1C(C)C2C. The molecule has 0 aromatic rings. The van der Waals surface area contributed by atoms with E-state index in [0.29, 0.717) is 74.3 Å². The van der Waals surface area contributed by atoms with Gasteiger partial charge in [-0.15, -0.1) is 0 Å². The van der Waals surface area contributed by atoms with Crippen LogP contribution in [0.3, 0.4) is 0 Å². The maximum atomic E-state index is 13.1. The van der Waals surface area contributed by atoms with Gasteiger partial charge in [0.05, 0.1) is 25.7 Å². The highest BCUT2D eigenvalue weighted by molar-refractivity contribution is 5.79. The Morgan fingerprint density at radius 1 is 0.804 bits per heavy atom. The van der Waals surface area contributed by atoms with Crippen LogP contribution in [-0.2, 0) is 38.1 Å². The van der Waals surface area contributed by atoms with Crippen molar-refractivity contribution in [3.63, 3.8) is 0 Å². The standard InChI is InChI=1S/C23H36O4.C15H26O4/c1-5-23(12-16-6-7-19(23)8-16)27-22(25)21(26-15(4)24)11-18-9-17-10-20(18)14(3)13(17)2;1-10-11(2)13-8-12(10)9-14(13)15(16)19-7-6-18-5-4-17-3/h13-14,16-21H,5-12H2,1-4H3;10-14H,4-9H2,1-3H3. The lowest BCUT2D eigenvalue weighted by atomic mass is 9.74. The van der Waals surface area contributed by atoms with Gasteiger partial charge >= 0.3 is 17.9 Å². The summed E-state index contributed by atoms with van der Waals surface area (Å²) in [5.41, 5.74) is -0.311. The topological polar surface area (TPSA) is 97.4 Å². The van der Waals surface area contributed by atoms with Crippen LogP contribution in [-0.4, -0.2) is 63.2 Å². The molecule has 0 heterocycles. The molecular weight excluding hydrogens is 584 g/mol. The number of esters is 3. The van der Waals surface area contributed by atoms with E-state index >= 15 is 0 Å². The Balaban J connectivity index is 0.000000193. The number of ether oxygens (including phenoxy) is 5. The summed E-state index contributed by atoms with van der Waals surface area (Å²) >= 11 is 0. The van der Waals surface area contributed by atoms with E-state index in [0.717, 1.165) is 42.9 Å². The van der Waals surface area contributed by atoms with Crippen molar-refractivity contribution in [2.45, 2.75) is 117 Å². The van der Waals surface area contributed by atoms with E-state index in [2.05, 4.69) is 34.6 Å². The zero-order chi connectivity index (χ0) is 33.2. The second-order valence-electron chi connectivity index (χ2n) is 16.1. The largest absolute Gasteiger partial charge is 0.463 e. The van der Waals surface area contributed by atoms with Crippen LogP contribution < -0.4 is 0 Å². The molecular formula is C38H62O8. The van der Waals surface area contributed by atoms with Crippen LogP contribution in [0.4, 0.5) is 0 Å². The second-order valence-corrected chi connectivity index (χ2v) is 16.1. The zero-order valence-corrected chi connectivity index (χ0v) is 29.7. The number of fused-ring (bicyclic) bond motifs is 6. The summed E-state index contributed by atoms with van der Waals surface area (Å²) < 4.78 is 27.2. The maximum absolute atomic E-state index is 13.1. The monoisotopic (exact) mass is 646 g/mol. The Bertz CT molecular complexity index is 1060. The number of carbonyl (C=O) groups excluding carboxylic acids is 3. The minimum atomic E-state index is -0.725. The van der Waals surface area contributed by atoms with Crippen LogP contribution in [0.5, 0.6) is 0 Å². The summed E-state index contributed by atoms with van der Waals surface area (Å²) in [6.07, 6.45) is 10.1. The van der Waals surface area contributed by atoms with E-state index in [4.69, 9.17) is 23.7 Å². The molecule has 0 spiro atoms. The number of rotatable bonds is 13. The quantitative estimate of drug-likeness (QED) is 0.122.